The third kappa shape index (κ3) is 4.43. The molecule has 0 fully saturated rings. The second-order valence-electron chi connectivity index (χ2n) is 6.25. The number of hydrogen-bond donors (Lipinski definition) is 1. The van der Waals surface area contributed by atoms with Gasteiger partial charge in [0.25, 0.3) is 0 Å². The van der Waals surface area contributed by atoms with Crippen molar-refractivity contribution >= 4 is 17.0 Å². The SMILES string of the molecule is CC(C)Oc1ncccc1NCc1nc(C(C)(C)C)cs1. The monoisotopic (exact) mass is 305 g/mol. The summed E-state index contributed by atoms with van der Waals surface area (Å²) in [5.74, 6) is 0.639. The lowest BCUT2D eigenvalue weighted by Gasteiger charge is -2.15. The van der Waals surface area contributed by atoms with Crippen LogP contribution < -0.4 is 10.1 Å². The van der Waals surface area contributed by atoms with Crippen molar-refractivity contribution in [2.45, 2.75) is 52.7 Å². The Morgan fingerprint density at radius 2 is 2.10 bits per heavy atom. The van der Waals surface area contributed by atoms with Crippen LogP contribution >= 0.6 is 11.3 Å². The van der Waals surface area contributed by atoms with Crippen LogP contribution in [-0.4, -0.2) is 16.1 Å². The van der Waals surface area contributed by atoms with E-state index in [1.807, 2.05) is 26.0 Å². The molecule has 0 aliphatic carbocycles. The Balaban J connectivity index is 2.05. The molecule has 0 aromatic carbocycles. The highest BCUT2D eigenvalue weighted by Gasteiger charge is 2.17. The summed E-state index contributed by atoms with van der Waals surface area (Å²) in [6.07, 6.45) is 1.84. The third-order valence-corrected chi connectivity index (χ3v) is 3.72. The molecule has 5 heteroatoms. The second kappa shape index (κ2) is 6.43. The molecule has 0 radical (unpaired) electrons. The van der Waals surface area contributed by atoms with E-state index in [0.29, 0.717) is 12.4 Å². The summed E-state index contributed by atoms with van der Waals surface area (Å²) in [7, 11) is 0. The van der Waals surface area contributed by atoms with Crippen LogP contribution in [0.3, 0.4) is 0 Å². The highest BCUT2D eigenvalue weighted by molar-refractivity contribution is 7.09. The minimum Gasteiger partial charge on any atom is -0.473 e. The number of hydrogen-bond acceptors (Lipinski definition) is 5. The Morgan fingerprint density at radius 3 is 2.71 bits per heavy atom. The van der Waals surface area contributed by atoms with Crippen molar-refractivity contribution in [1.82, 2.24) is 9.97 Å². The van der Waals surface area contributed by atoms with E-state index in [9.17, 15) is 0 Å². The zero-order valence-electron chi connectivity index (χ0n) is 13.3. The van der Waals surface area contributed by atoms with Gasteiger partial charge in [-0.1, -0.05) is 20.8 Å². The summed E-state index contributed by atoms with van der Waals surface area (Å²) >= 11 is 1.68. The number of pyridine rings is 1. The van der Waals surface area contributed by atoms with Gasteiger partial charge in [0.1, 0.15) is 5.01 Å². The van der Waals surface area contributed by atoms with Gasteiger partial charge in [-0.3, -0.25) is 0 Å². The first kappa shape index (κ1) is 15.8. The van der Waals surface area contributed by atoms with Gasteiger partial charge in [-0.15, -0.1) is 11.3 Å². The van der Waals surface area contributed by atoms with Gasteiger partial charge >= 0.3 is 0 Å². The molecular formula is C16H23N3OS. The summed E-state index contributed by atoms with van der Waals surface area (Å²) in [4.78, 5) is 8.96. The molecule has 0 spiro atoms. The predicted molar refractivity (Wildman–Crippen MR) is 88.1 cm³/mol. The number of thiazole rings is 1. The normalized spacial score (nSPS) is 11.7. The number of nitrogens with zero attached hydrogens (tertiary/aromatic N) is 2. The van der Waals surface area contributed by atoms with E-state index in [2.05, 4.69) is 41.4 Å². The molecule has 2 rings (SSSR count). The number of ether oxygens (including phenoxy) is 1. The van der Waals surface area contributed by atoms with Crippen molar-refractivity contribution in [1.29, 1.82) is 0 Å². The van der Waals surface area contributed by atoms with E-state index in [1.165, 1.54) is 0 Å². The van der Waals surface area contributed by atoms with Crippen LogP contribution in [0.2, 0.25) is 0 Å². The predicted octanol–water partition coefficient (Wildman–Crippen LogP) is 4.23. The zero-order valence-corrected chi connectivity index (χ0v) is 14.1. The van der Waals surface area contributed by atoms with E-state index >= 15 is 0 Å². The van der Waals surface area contributed by atoms with Gasteiger partial charge in [0.05, 0.1) is 24.0 Å². The number of rotatable bonds is 5. The maximum absolute atomic E-state index is 5.70. The van der Waals surface area contributed by atoms with Crippen LogP contribution in [0.15, 0.2) is 23.7 Å². The molecule has 2 heterocycles. The lowest BCUT2D eigenvalue weighted by molar-refractivity contribution is 0.234. The minimum absolute atomic E-state index is 0.0922. The summed E-state index contributed by atoms with van der Waals surface area (Å²) in [6.45, 7) is 11.2. The topological polar surface area (TPSA) is 47.0 Å². The van der Waals surface area contributed by atoms with Gasteiger partial charge in [-0.25, -0.2) is 9.97 Å². The van der Waals surface area contributed by atoms with Crippen molar-refractivity contribution in [2.75, 3.05) is 5.32 Å². The average molecular weight is 305 g/mol. The van der Waals surface area contributed by atoms with Crippen LogP contribution in [0.1, 0.15) is 45.3 Å². The van der Waals surface area contributed by atoms with Crippen LogP contribution in [0.25, 0.3) is 0 Å². The lowest BCUT2D eigenvalue weighted by Crippen LogP contribution is -2.12. The smallest absolute Gasteiger partial charge is 0.237 e. The van der Waals surface area contributed by atoms with Gasteiger partial charge in [0, 0.05) is 17.0 Å². The highest BCUT2D eigenvalue weighted by atomic mass is 32.1. The molecule has 114 valence electrons. The molecule has 4 nitrogen and oxygen atoms in total. The molecule has 2 aromatic rings. The molecule has 0 saturated heterocycles. The minimum atomic E-state index is 0.0922. The van der Waals surface area contributed by atoms with Crippen molar-refractivity contribution in [3.05, 3.63) is 34.4 Å². The summed E-state index contributed by atoms with van der Waals surface area (Å²) in [6, 6.07) is 3.88. The molecule has 0 saturated carbocycles. The summed E-state index contributed by atoms with van der Waals surface area (Å²) in [5, 5.41) is 6.56. The van der Waals surface area contributed by atoms with E-state index in [1.54, 1.807) is 17.5 Å². The summed E-state index contributed by atoms with van der Waals surface area (Å²) < 4.78 is 5.70. The van der Waals surface area contributed by atoms with Gasteiger partial charge in [0.15, 0.2) is 0 Å². The van der Waals surface area contributed by atoms with Crippen LogP contribution in [0, 0.1) is 0 Å². The van der Waals surface area contributed by atoms with E-state index in [-0.39, 0.29) is 11.5 Å². The highest BCUT2D eigenvalue weighted by Crippen LogP contribution is 2.26. The standard InChI is InChI=1S/C16H23N3OS/c1-11(2)20-15-12(7-6-8-17-15)18-9-14-19-13(10-21-14)16(3,4)5/h6-8,10-11,18H,9H2,1-5H3. The molecule has 0 unspecified atom stereocenters. The molecule has 1 N–H and O–H groups in total. The van der Waals surface area contributed by atoms with Crippen LogP contribution in [0.5, 0.6) is 5.88 Å². The van der Waals surface area contributed by atoms with Crippen molar-refractivity contribution in [3.8, 4) is 5.88 Å². The van der Waals surface area contributed by atoms with Crippen molar-refractivity contribution in [2.24, 2.45) is 0 Å². The molecule has 21 heavy (non-hydrogen) atoms. The molecule has 0 amide bonds. The molecule has 0 aliphatic rings. The summed E-state index contributed by atoms with van der Waals surface area (Å²) in [5.41, 5.74) is 2.13. The quantitative estimate of drug-likeness (QED) is 0.897. The number of nitrogens with one attached hydrogen (secondary N) is 1. The van der Waals surface area contributed by atoms with Gasteiger partial charge in [-0.2, -0.15) is 0 Å². The number of anilines is 1. The van der Waals surface area contributed by atoms with E-state index < -0.39 is 0 Å². The third-order valence-electron chi connectivity index (χ3n) is 2.87. The maximum atomic E-state index is 5.70. The van der Waals surface area contributed by atoms with Gasteiger partial charge in [0.2, 0.25) is 5.88 Å². The first-order valence-electron chi connectivity index (χ1n) is 7.16. The molecule has 0 atom stereocenters. The Kier molecular flexibility index (Phi) is 4.83. The van der Waals surface area contributed by atoms with Crippen molar-refractivity contribution in [3.63, 3.8) is 0 Å². The molecule has 0 bridgehead atoms. The van der Waals surface area contributed by atoms with Crippen molar-refractivity contribution < 1.29 is 4.74 Å². The number of aromatic nitrogens is 2. The van der Waals surface area contributed by atoms with Crippen LogP contribution in [-0.2, 0) is 12.0 Å². The Bertz CT molecular complexity index is 587. The fraction of sp³-hybridized carbons (Fsp3) is 0.500. The Morgan fingerprint density at radius 1 is 1.33 bits per heavy atom. The Hall–Kier alpha value is -1.62. The van der Waals surface area contributed by atoms with Gasteiger partial charge in [-0.05, 0) is 26.0 Å². The molecule has 0 aliphatic heterocycles. The lowest BCUT2D eigenvalue weighted by atomic mass is 9.93. The fourth-order valence-electron chi connectivity index (χ4n) is 1.75. The second-order valence-corrected chi connectivity index (χ2v) is 7.20. The molecular weight excluding hydrogens is 282 g/mol. The van der Waals surface area contributed by atoms with E-state index in [4.69, 9.17) is 4.74 Å². The Labute approximate surface area is 130 Å². The maximum Gasteiger partial charge on any atom is 0.237 e. The first-order valence-corrected chi connectivity index (χ1v) is 8.04. The largest absolute Gasteiger partial charge is 0.473 e. The molecule has 2 aromatic heterocycles. The fourth-order valence-corrected chi connectivity index (χ4v) is 2.71. The first-order chi connectivity index (χ1) is 9.86. The zero-order chi connectivity index (χ0) is 15.5. The van der Waals surface area contributed by atoms with Gasteiger partial charge < -0.3 is 10.1 Å². The van der Waals surface area contributed by atoms with E-state index in [0.717, 1.165) is 16.4 Å². The van der Waals surface area contributed by atoms with Crippen LogP contribution in [0.4, 0.5) is 5.69 Å². The average Bonchev–Trinajstić information content (AvgIpc) is 2.86.